The molecule has 92 valence electrons. The highest BCUT2D eigenvalue weighted by Crippen LogP contribution is 2.61. The minimum atomic E-state index is -3.17. The van der Waals surface area contributed by atoms with Crippen LogP contribution in [0.2, 0.25) is 0 Å². The summed E-state index contributed by atoms with van der Waals surface area (Å²) in [5.74, 6) is -4.65. The third-order valence-electron chi connectivity index (χ3n) is 3.45. The van der Waals surface area contributed by atoms with Crippen molar-refractivity contribution in [2.24, 2.45) is 0 Å². The topological polar surface area (TPSA) is 50.2 Å². The number of pyridine rings is 1. The summed E-state index contributed by atoms with van der Waals surface area (Å²) >= 11 is 0. The van der Waals surface area contributed by atoms with Crippen LogP contribution in [0, 0.1) is 0 Å². The number of fused-ring (bicyclic) bond motifs is 1. The summed E-state index contributed by atoms with van der Waals surface area (Å²) in [4.78, 5) is 15.2. The molecule has 2 aromatic rings. The molecule has 1 heterocycles. The number of halogens is 2. The zero-order chi connectivity index (χ0) is 13.0. The Kier molecular flexibility index (Phi) is 2.00. The van der Waals surface area contributed by atoms with Crippen LogP contribution in [0.15, 0.2) is 36.5 Å². The second-order valence-corrected chi connectivity index (χ2v) is 4.50. The van der Waals surface area contributed by atoms with E-state index >= 15 is 0 Å². The second-order valence-electron chi connectivity index (χ2n) is 4.50. The number of nitrogens with zero attached hydrogens (tertiary/aromatic N) is 1. The van der Waals surface area contributed by atoms with E-state index in [1.165, 1.54) is 12.1 Å². The molecule has 1 atom stereocenters. The maximum atomic E-state index is 13.4. The first-order valence-electron chi connectivity index (χ1n) is 5.44. The van der Waals surface area contributed by atoms with E-state index in [2.05, 4.69) is 4.98 Å². The largest absolute Gasteiger partial charge is 0.480 e. The van der Waals surface area contributed by atoms with Crippen molar-refractivity contribution in [3.05, 3.63) is 42.1 Å². The molecule has 5 heteroatoms. The van der Waals surface area contributed by atoms with Gasteiger partial charge in [-0.3, -0.25) is 9.78 Å². The first-order chi connectivity index (χ1) is 8.47. The standard InChI is InChI=1S/C13H9F2NO2/c14-13(15)7-12(13,11(17)18)9-3-4-10-8(6-9)2-1-5-16-10/h1-6H,7H2,(H,17,18). The highest BCUT2D eigenvalue weighted by atomic mass is 19.3. The van der Waals surface area contributed by atoms with Gasteiger partial charge in [0.25, 0.3) is 5.92 Å². The number of aromatic nitrogens is 1. The lowest BCUT2D eigenvalue weighted by Crippen LogP contribution is -2.27. The third kappa shape index (κ3) is 1.27. The number of carbonyl (C=O) groups is 1. The monoisotopic (exact) mass is 249 g/mol. The summed E-state index contributed by atoms with van der Waals surface area (Å²) in [6.07, 6.45) is 0.960. The van der Waals surface area contributed by atoms with Crippen molar-refractivity contribution < 1.29 is 18.7 Å². The molecule has 0 radical (unpaired) electrons. The number of aliphatic carboxylic acids is 1. The lowest BCUT2D eigenvalue weighted by Gasteiger charge is -2.12. The fraction of sp³-hybridized carbons (Fsp3) is 0.231. The van der Waals surface area contributed by atoms with Crippen molar-refractivity contribution in [2.45, 2.75) is 17.8 Å². The van der Waals surface area contributed by atoms with Gasteiger partial charge in [0.05, 0.1) is 5.52 Å². The zero-order valence-corrected chi connectivity index (χ0v) is 9.23. The minimum Gasteiger partial charge on any atom is -0.480 e. The van der Waals surface area contributed by atoms with Gasteiger partial charge in [0, 0.05) is 18.0 Å². The first kappa shape index (κ1) is 11.1. The van der Waals surface area contributed by atoms with E-state index in [1.54, 1.807) is 24.4 Å². The normalized spacial score (nSPS) is 25.0. The van der Waals surface area contributed by atoms with E-state index in [0.29, 0.717) is 10.9 Å². The molecule has 1 fully saturated rings. The van der Waals surface area contributed by atoms with E-state index in [0.717, 1.165) is 0 Å². The molecular weight excluding hydrogens is 240 g/mol. The van der Waals surface area contributed by atoms with E-state index < -0.39 is 23.7 Å². The number of rotatable bonds is 2. The molecule has 1 aliphatic rings. The van der Waals surface area contributed by atoms with E-state index in [-0.39, 0.29) is 5.56 Å². The number of hydrogen-bond acceptors (Lipinski definition) is 2. The van der Waals surface area contributed by atoms with E-state index in [9.17, 15) is 13.6 Å². The summed E-state index contributed by atoms with van der Waals surface area (Å²) in [7, 11) is 0. The van der Waals surface area contributed by atoms with Crippen LogP contribution in [-0.4, -0.2) is 22.0 Å². The molecule has 1 aromatic carbocycles. The van der Waals surface area contributed by atoms with Crippen LogP contribution in [-0.2, 0) is 10.2 Å². The highest BCUT2D eigenvalue weighted by Gasteiger charge is 2.77. The van der Waals surface area contributed by atoms with Crippen LogP contribution >= 0.6 is 0 Å². The average molecular weight is 249 g/mol. The summed E-state index contributed by atoms with van der Waals surface area (Å²) in [6, 6.07) is 7.89. The van der Waals surface area contributed by atoms with Crippen molar-refractivity contribution in [2.75, 3.05) is 0 Å². The van der Waals surface area contributed by atoms with Crippen molar-refractivity contribution in [3.63, 3.8) is 0 Å². The second kappa shape index (κ2) is 3.25. The Balaban J connectivity index is 2.18. The van der Waals surface area contributed by atoms with Gasteiger partial charge in [-0.1, -0.05) is 12.1 Å². The molecule has 0 aliphatic heterocycles. The number of hydrogen-bond donors (Lipinski definition) is 1. The number of carboxylic acids is 1. The molecule has 1 saturated carbocycles. The van der Waals surface area contributed by atoms with Gasteiger partial charge in [-0.05, 0) is 23.8 Å². The molecule has 1 aliphatic carbocycles. The highest BCUT2D eigenvalue weighted by molar-refractivity contribution is 5.90. The maximum absolute atomic E-state index is 13.4. The van der Waals surface area contributed by atoms with E-state index in [1.807, 2.05) is 0 Å². The van der Waals surface area contributed by atoms with Crippen LogP contribution in [0.4, 0.5) is 8.78 Å². The molecule has 3 nitrogen and oxygen atoms in total. The Bertz CT molecular complexity index is 656. The van der Waals surface area contributed by atoms with Crippen molar-refractivity contribution >= 4 is 16.9 Å². The number of benzene rings is 1. The molecule has 18 heavy (non-hydrogen) atoms. The smallest absolute Gasteiger partial charge is 0.320 e. The average Bonchev–Trinajstić information content (AvgIpc) is 2.93. The Morgan fingerprint density at radius 2 is 2.06 bits per heavy atom. The fourth-order valence-corrected chi connectivity index (χ4v) is 2.30. The van der Waals surface area contributed by atoms with Crippen LogP contribution in [0.5, 0.6) is 0 Å². The van der Waals surface area contributed by atoms with Gasteiger partial charge < -0.3 is 5.11 Å². The summed E-state index contributed by atoms with van der Waals surface area (Å²) < 4.78 is 26.8. The van der Waals surface area contributed by atoms with Crippen molar-refractivity contribution in [1.29, 1.82) is 0 Å². The molecule has 3 rings (SSSR count). The lowest BCUT2D eigenvalue weighted by atomic mass is 9.94. The summed E-state index contributed by atoms with van der Waals surface area (Å²) in [5.41, 5.74) is -1.26. The first-order valence-corrected chi connectivity index (χ1v) is 5.44. The van der Waals surface area contributed by atoms with Crippen molar-refractivity contribution in [1.82, 2.24) is 4.98 Å². The van der Waals surface area contributed by atoms with Crippen molar-refractivity contribution in [3.8, 4) is 0 Å². The summed E-state index contributed by atoms with van der Waals surface area (Å²) in [6.45, 7) is 0. The van der Waals surface area contributed by atoms with Gasteiger partial charge in [0.15, 0.2) is 5.41 Å². The Morgan fingerprint density at radius 3 is 2.67 bits per heavy atom. The molecular formula is C13H9F2NO2. The van der Waals surface area contributed by atoms with Gasteiger partial charge in [-0.2, -0.15) is 0 Å². The summed E-state index contributed by atoms with van der Waals surface area (Å²) in [5, 5.41) is 9.73. The maximum Gasteiger partial charge on any atom is 0.320 e. The van der Waals surface area contributed by atoms with Gasteiger partial charge in [-0.15, -0.1) is 0 Å². The predicted molar refractivity (Wildman–Crippen MR) is 60.6 cm³/mol. The molecule has 0 spiro atoms. The fourth-order valence-electron chi connectivity index (χ4n) is 2.30. The number of carboxylic acid groups (broad SMARTS) is 1. The molecule has 1 unspecified atom stereocenters. The Labute approximate surface area is 101 Å². The SMILES string of the molecule is O=C(O)C1(c2ccc3ncccc3c2)CC1(F)F. The molecule has 1 N–H and O–H groups in total. The molecule has 0 bridgehead atoms. The van der Waals surface area contributed by atoms with Crippen LogP contribution < -0.4 is 0 Å². The molecule has 1 aromatic heterocycles. The third-order valence-corrected chi connectivity index (χ3v) is 3.45. The van der Waals surface area contributed by atoms with Gasteiger partial charge in [0.1, 0.15) is 0 Å². The minimum absolute atomic E-state index is 0.139. The van der Waals surface area contributed by atoms with E-state index in [4.69, 9.17) is 5.11 Å². The van der Waals surface area contributed by atoms with Crippen LogP contribution in [0.3, 0.4) is 0 Å². The van der Waals surface area contributed by atoms with Gasteiger partial charge in [-0.25, -0.2) is 8.78 Å². The van der Waals surface area contributed by atoms with Crippen LogP contribution in [0.25, 0.3) is 10.9 Å². The molecule has 0 amide bonds. The Morgan fingerprint density at radius 1 is 1.33 bits per heavy atom. The van der Waals surface area contributed by atoms with Gasteiger partial charge >= 0.3 is 5.97 Å². The Hall–Kier alpha value is -2.04. The lowest BCUT2D eigenvalue weighted by molar-refractivity contribution is -0.142. The quantitative estimate of drug-likeness (QED) is 0.890. The van der Waals surface area contributed by atoms with Crippen LogP contribution in [0.1, 0.15) is 12.0 Å². The molecule has 0 saturated heterocycles. The number of alkyl halides is 2. The van der Waals surface area contributed by atoms with Gasteiger partial charge in [0.2, 0.25) is 0 Å². The zero-order valence-electron chi connectivity index (χ0n) is 9.23. The predicted octanol–water partition coefficient (Wildman–Crippen LogP) is 2.60.